The third-order valence-corrected chi connectivity index (χ3v) is 4.98. The second kappa shape index (κ2) is 10.3. The number of hydrogen-bond acceptors (Lipinski definition) is 6. The second-order valence-electron chi connectivity index (χ2n) is 5.32. The van der Waals surface area contributed by atoms with Crippen molar-refractivity contribution in [3.8, 4) is 5.88 Å². The summed E-state index contributed by atoms with van der Waals surface area (Å²) >= 11 is 13.4. The highest BCUT2D eigenvalue weighted by Crippen LogP contribution is 2.24. The Morgan fingerprint density at radius 3 is 2.69 bits per heavy atom. The molecule has 0 amide bonds. The lowest BCUT2D eigenvalue weighted by Gasteiger charge is -2.35. The number of guanidine groups is 1. The van der Waals surface area contributed by atoms with Gasteiger partial charge in [-0.15, -0.1) is 35.3 Å². The van der Waals surface area contributed by atoms with Gasteiger partial charge in [0, 0.05) is 44.0 Å². The predicted molar refractivity (Wildman–Crippen MR) is 118 cm³/mol. The Kier molecular flexibility index (Phi) is 8.45. The smallest absolute Gasteiger partial charge is 0.232 e. The minimum absolute atomic E-state index is 0. The highest BCUT2D eigenvalue weighted by molar-refractivity contribution is 14.0. The van der Waals surface area contributed by atoms with Crippen LogP contribution in [0, 0.1) is 0 Å². The van der Waals surface area contributed by atoms with Crippen molar-refractivity contribution in [3.63, 3.8) is 0 Å². The minimum atomic E-state index is 0. The molecule has 3 heterocycles. The molecule has 1 fully saturated rings. The molecule has 0 bridgehead atoms. The molecule has 3 rings (SSSR count). The summed E-state index contributed by atoms with van der Waals surface area (Å²) in [6.07, 6.45) is 3.31. The van der Waals surface area contributed by atoms with Gasteiger partial charge in [-0.1, -0.05) is 23.2 Å². The number of hydrogen-bond donors (Lipinski definition) is 1. The maximum absolute atomic E-state index is 6.07. The van der Waals surface area contributed by atoms with Crippen molar-refractivity contribution in [2.24, 2.45) is 10.7 Å². The van der Waals surface area contributed by atoms with E-state index in [1.807, 2.05) is 11.6 Å². The third-order valence-electron chi connectivity index (χ3n) is 3.67. The van der Waals surface area contributed by atoms with Crippen LogP contribution in [0.1, 0.15) is 0 Å². The molecule has 1 saturated heterocycles. The Balaban J connectivity index is 0.00000243. The first-order chi connectivity index (χ1) is 12.1. The summed E-state index contributed by atoms with van der Waals surface area (Å²) in [5.41, 5.74) is 6.07. The van der Waals surface area contributed by atoms with E-state index in [1.165, 1.54) is 6.20 Å². The third kappa shape index (κ3) is 5.73. The number of piperazine rings is 1. The molecule has 2 aromatic rings. The Hall–Kier alpha value is -1.04. The highest BCUT2D eigenvalue weighted by atomic mass is 127. The van der Waals surface area contributed by atoms with E-state index in [4.69, 9.17) is 33.7 Å². The van der Waals surface area contributed by atoms with Crippen LogP contribution < -0.4 is 15.4 Å². The van der Waals surface area contributed by atoms with Gasteiger partial charge < -0.3 is 20.3 Å². The first-order valence-corrected chi connectivity index (χ1v) is 9.40. The lowest BCUT2D eigenvalue weighted by molar-refractivity contribution is 0.314. The Labute approximate surface area is 183 Å². The van der Waals surface area contributed by atoms with Gasteiger partial charge >= 0.3 is 0 Å². The number of aromatic nitrogens is 2. The topological polar surface area (TPSA) is 79.9 Å². The largest absolute Gasteiger partial charge is 0.475 e. The van der Waals surface area contributed by atoms with Crippen LogP contribution in [-0.4, -0.2) is 60.2 Å². The SMILES string of the molecule is I.NC(=NCCOc1ncc(Cl)cc1Cl)N1CCN(c2nccs2)CC1. The van der Waals surface area contributed by atoms with E-state index < -0.39 is 0 Å². The van der Waals surface area contributed by atoms with Crippen LogP contribution in [0.4, 0.5) is 5.13 Å². The van der Waals surface area contributed by atoms with E-state index in [2.05, 4.69) is 24.8 Å². The average molecular weight is 529 g/mol. The summed E-state index contributed by atoms with van der Waals surface area (Å²) in [6.45, 7) is 4.17. The molecule has 1 aliphatic heterocycles. The molecule has 26 heavy (non-hydrogen) atoms. The van der Waals surface area contributed by atoms with E-state index >= 15 is 0 Å². The molecule has 0 spiro atoms. The maximum Gasteiger partial charge on any atom is 0.232 e. The van der Waals surface area contributed by atoms with Crippen molar-refractivity contribution < 1.29 is 4.74 Å². The Bertz CT molecular complexity index is 725. The van der Waals surface area contributed by atoms with Crippen molar-refractivity contribution in [2.75, 3.05) is 44.2 Å². The van der Waals surface area contributed by atoms with Crippen molar-refractivity contribution in [1.29, 1.82) is 0 Å². The van der Waals surface area contributed by atoms with Crippen molar-refractivity contribution in [3.05, 3.63) is 33.9 Å². The van der Waals surface area contributed by atoms with Gasteiger partial charge in [0.1, 0.15) is 11.6 Å². The number of halogens is 3. The van der Waals surface area contributed by atoms with Crippen LogP contribution in [0.5, 0.6) is 5.88 Å². The van der Waals surface area contributed by atoms with E-state index in [1.54, 1.807) is 17.4 Å². The van der Waals surface area contributed by atoms with E-state index in [9.17, 15) is 0 Å². The van der Waals surface area contributed by atoms with Gasteiger partial charge in [0.25, 0.3) is 0 Å². The fraction of sp³-hybridized carbons (Fsp3) is 0.400. The number of nitrogens with two attached hydrogens (primary N) is 1. The standard InChI is InChI=1S/C15H18Cl2N6OS.HI/c16-11-9-12(17)13(21-10-11)24-7-1-19-14(18)22-3-5-23(6-4-22)15-20-2-8-25-15;/h2,8-10H,1,3-7H2,(H2,18,19);1H. The van der Waals surface area contributed by atoms with Gasteiger partial charge in [-0.25, -0.2) is 15.0 Å². The summed E-state index contributed by atoms with van der Waals surface area (Å²) in [6, 6.07) is 1.59. The van der Waals surface area contributed by atoms with E-state index in [0.29, 0.717) is 35.0 Å². The first-order valence-electron chi connectivity index (χ1n) is 7.76. The Morgan fingerprint density at radius 2 is 2.04 bits per heavy atom. The number of rotatable bonds is 5. The van der Waals surface area contributed by atoms with E-state index in [-0.39, 0.29) is 24.0 Å². The van der Waals surface area contributed by atoms with Gasteiger partial charge in [0.2, 0.25) is 5.88 Å². The summed E-state index contributed by atoms with van der Waals surface area (Å²) in [4.78, 5) is 17.1. The molecule has 7 nitrogen and oxygen atoms in total. The molecular weight excluding hydrogens is 510 g/mol. The number of anilines is 1. The molecule has 142 valence electrons. The number of pyridine rings is 1. The van der Waals surface area contributed by atoms with Crippen molar-refractivity contribution >= 4 is 69.6 Å². The van der Waals surface area contributed by atoms with E-state index in [0.717, 1.165) is 31.3 Å². The van der Waals surface area contributed by atoms with Crippen molar-refractivity contribution in [2.45, 2.75) is 0 Å². The number of ether oxygens (including phenoxy) is 1. The average Bonchev–Trinajstić information content (AvgIpc) is 3.15. The highest BCUT2D eigenvalue weighted by Gasteiger charge is 2.19. The monoisotopic (exact) mass is 528 g/mol. The summed E-state index contributed by atoms with van der Waals surface area (Å²) in [7, 11) is 0. The summed E-state index contributed by atoms with van der Waals surface area (Å²) < 4.78 is 5.50. The van der Waals surface area contributed by atoms with Crippen LogP contribution >= 0.6 is 58.5 Å². The number of thiazole rings is 1. The van der Waals surface area contributed by atoms with Crippen LogP contribution in [-0.2, 0) is 0 Å². The lowest BCUT2D eigenvalue weighted by atomic mass is 10.3. The van der Waals surface area contributed by atoms with Crippen LogP contribution in [0.25, 0.3) is 0 Å². The molecular formula is C15H19Cl2IN6OS. The zero-order valence-corrected chi connectivity index (χ0v) is 18.5. The van der Waals surface area contributed by atoms with Gasteiger partial charge in [-0.3, -0.25) is 0 Å². The van der Waals surface area contributed by atoms with Crippen LogP contribution in [0.15, 0.2) is 28.8 Å². The fourth-order valence-corrected chi connectivity index (χ4v) is 3.54. The predicted octanol–water partition coefficient (Wildman–Crippen LogP) is 2.98. The zero-order valence-electron chi connectivity index (χ0n) is 13.8. The molecule has 2 N–H and O–H groups in total. The lowest BCUT2D eigenvalue weighted by Crippen LogP contribution is -2.51. The molecule has 0 aromatic carbocycles. The molecule has 0 unspecified atom stereocenters. The molecule has 2 aromatic heterocycles. The van der Waals surface area contributed by atoms with Crippen molar-refractivity contribution in [1.82, 2.24) is 14.9 Å². The molecule has 1 aliphatic rings. The van der Waals surface area contributed by atoms with Gasteiger partial charge in [0.15, 0.2) is 11.1 Å². The number of nitrogens with zero attached hydrogens (tertiary/aromatic N) is 5. The molecule has 11 heteroatoms. The van der Waals surface area contributed by atoms with Crippen LogP contribution in [0.3, 0.4) is 0 Å². The fourth-order valence-electron chi connectivity index (χ4n) is 2.41. The van der Waals surface area contributed by atoms with Gasteiger partial charge in [0.05, 0.1) is 11.6 Å². The van der Waals surface area contributed by atoms with Crippen LogP contribution in [0.2, 0.25) is 10.0 Å². The quantitative estimate of drug-likeness (QED) is 0.278. The number of aliphatic imine (C=N–C) groups is 1. The summed E-state index contributed by atoms with van der Waals surface area (Å²) in [5.74, 6) is 0.870. The normalized spacial score (nSPS) is 14.9. The van der Waals surface area contributed by atoms with Gasteiger partial charge in [-0.05, 0) is 6.07 Å². The summed E-state index contributed by atoms with van der Waals surface area (Å²) in [5, 5.41) is 3.88. The molecule has 0 atom stereocenters. The first kappa shape index (κ1) is 21.3. The van der Waals surface area contributed by atoms with Gasteiger partial charge in [-0.2, -0.15) is 0 Å². The maximum atomic E-state index is 6.07. The second-order valence-corrected chi connectivity index (χ2v) is 7.03. The minimum Gasteiger partial charge on any atom is -0.475 e. The molecule has 0 radical (unpaired) electrons. The zero-order chi connectivity index (χ0) is 17.6. The molecule has 0 saturated carbocycles. The Morgan fingerprint density at radius 1 is 1.27 bits per heavy atom. The molecule has 0 aliphatic carbocycles.